The quantitative estimate of drug-likeness (QED) is 0.525. The minimum atomic E-state index is -0.471. The Hall–Kier alpha value is -3.74. The van der Waals surface area contributed by atoms with E-state index in [0.717, 1.165) is 11.1 Å². The molecular weight excluding hydrogens is 373 g/mol. The number of nitrogens with zero attached hydrogens (tertiary/aromatic N) is 3. The number of ether oxygens (including phenoxy) is 1. The van der Waals surface area contributed by atoms with Gasteiger partial charge < -0.3 is 4.74 Å². The van der Waals surface area contributed by atoms with Crippen molar-refractivity contribution >= 4 is 11.0 Å². The Morgan fingerprint density at radius 1 is 0.897 bits per heavy atom. The number of hydrogen-bond acceptors (Lipinski definition) is 4. The first kappa shape index (κ1) is 18.6. The van der Waals surface area contributed by atoms with E-state index in [0.29, 0.717) is 16.8 Å². The van der Waals surface area contributed by atoms with Crippen LogP contribution in [0, 0.1) is 5.82 Å². The van der Waals surface area contributed by atoms with E-state index in [1.165, 1.54) is 27.5 Å². The monoisotopic (exact) mass is 391 g/mol. The lowest BCUT2D eigenvalue weighted by atomic mass is 10.2. The van der Waals surface area contributed by atoms with Crippen molar-refractivity contribution in [1.29, 1.82) is 0 Å². The van der Waals surface area contributed by atoms with Crippen LogP contribution in [-0.2, 0) is 13.1 Å². The Morgan fingerprint density at radius 3 is 2.17 bits per heavy atom. The van der Waals surface area contributed by atoms with Crippen molar-refractivity contribution in [3.8, 4) is 5.75 Å². The Bertz CT molecular complexity index is 1280. The van der Waals surface area contributed by atoms with Gasteiger partial charge in [0.2, 0.25) is 0 Å². The summed E-state index contributed by atoms with van der Waals surface area (Å²) in [6.45, 7) is 0.297. The van der Waals surface area contributed by atoms with Crippen LogP contribution in [0.1, 0.15) is 11.1 Å². The van der Waals surface area contributed by atoms with Gasteiger partial charge in [0.15, 0.2) is 0 Å². The lowest BCUT2D eigenvalue weighted by molar-refractivity contribution is 0.414. The van der Waals surface area contributed by atoms with Crippen molar-refractivity contribution in [3.63, 3.8) is 0 Å². The summed E-state index contributed by atoms with van der Waals surface area (Å²) in [6.07, 6.45) is 1.54. The molecule has 7 heteroatoms. The highest BCUT2D eigenvalue weighted by atomic mass is 19.1. The van der Waals surface area contributed by atoms with E-state index >= 15 is 0 Å². The largest absolute Gasteiger partial charge is 0.497 e. The smallest absolute Gasteiger partial charge is 0.333 e. The molecule has 2 aromatic heterocycles. The van der Waals surface area contributed by atoms with Crippen molar-refractivity contribution in [2.75, 3.05) is 7.11 Å². The number of pyridine rings is 1. The Balaban J connectivity index is 1.84. The molecule has 0 amide bonds. The first-order valence-corrected chi connectivity index (χ1v) is 9.02. The zero-order valence-electron chi connectivity index (χ0n) is 15.7. The van der Waals surface area contributed by atoms with Crippen molar-refractivity contribution in [3.05, 3.63) is 105 Å². The lowest BCUT2D eigenvalue weighted by Gasteiger charge is -2.14. The second kappa shape index (κ2) is 7.71. The summed E-state index contributed by atoms with van der Waals surface area (Å²) < 4.78 is 21.0. The second-order valence-corrected chi connectivity index (χ2v) is 6.61. The molecule has 0 saturated heterocycles. The van der Waals surface area contributed by atoms with Gasteiger partial charge in [-0.15, -0.1) is 0 Å². The van der Waals surface area contributed by atoms with Crippen LogP contribution < -0.4 is 16.0 Å². The molecule has 146 valence electrons. The summed E-state index contributed by atoms with van der Waals surface area (Å²) >= 11 is 0. The molecule has 0 aliphatic rings. The SMILES string of the molecule is COc1ccc(Cn2c(=O)c3cccnc3n(Cc3ccc(F)cc3)c2=O)cc1. The van der Waals surface area contributed by atoms with Crippen molar-refractivity contribution in [1.82, 2.24) is 14.1 Å². The molecule has 6 nitrogen and oxygen atoms in total. The third kappa shape index (κ3) is 3.67. The fourth-order valence-electron chi connectivity index (χ4n) is 3.22. The first-order valence-electron chi connectivity index (χ1n) is 9.02. The molecule has 0 aliphatic heterocycles. The van der Waals surface area contributed by atoms with E-state index < -0.39 is 11.2 Å². The predicted octanol–water partition coefficient (Wildman–Crippen LogP) is 2.80. The van der Waals surface area contributed by atoms with Gasteiger partial charge in [-0.25, -0.2) is 14.2 Å². The molecule has 0 N–H and O–H groups in total. The maximum absolute atomic E-state index is 13.2. The van der Waals surface area contributed by atoms with Gasteiger partial charge in [-0.2, -0.15) is 0 Å². The summed E-state index contributed by atoms with van der Waals surface area (Å²) in [7, 11) is 1.57. The fraction of sp³-hybridized carbons (Fsp3) is 0.136. The summed E-state index contributed by atoms with van der Waals surface area (Å²) in [5.74, 6) is 0.339. The molecule has 0 spiro atoms. The highest BCUT2D eigenvalue weighted by Gasteiger charge is 2.14. The minimum Gasteiger partial charge on any atom is -0.497 e. The Kier molecular flexibility index (Phi) is 4.95. The normalized spacial score (nSPS) is 11.0. The van der Waals surface area contributed by atoms with E-state index in [1.807, 2.05) is 12.1 Å². The van der Waals surface area contributed by atoms with Crippen molar-refractivity contribution in [2.24, 2.45) is 0 Å². The van der Waals surface area contributed by atoms with Gasteiger partial charge in [0, 0.05) is 6.20 Å². The molecule has 0 fully saturated rings. The van der Waals surface area contributed by atoms with Crippen LogP contribution in [0.3, 0.4) is 0 Å². The zero-order valence-corrected chi connectivity index (χ0v) is 15.7. The number of rotatable bonds is 5. The maximum Gasteiger partial charge on any atom is 0.333 e. The van der Waals surface area contributed by atoms with E-state index in [4.69, 9.17) is 4.74 Å². The topological polar surface area (TPSA) is 66.1 Å². The van der Waals surface area contributed by atoms with E-state index in [1.54, 1.807) is 43.5 Å². The van der Waals surface area contributed by atoms with Crippen LogP contribution in [0.2, 0.25) is 0 Å². The van der Waals surface area contributed by atoms with Gasteiger partial charge >= 0.3 is 5.69 Å². The third-order valence-corrected chi connectivity index (χ3v) is 4.73. The molecule has 4 aromatic rings. The molecule has 0 bridgehead atoms. The summed E-state index contributed by atoms with van der Waals surface area (Å²) in [5.41, 5.74) is 0.958. The predicted molar refractivity (Wildman–Crippen MR) is 108 cm³/mol. The average molecular weight is 391 g/mol. The fourth-order valence-corrected chi connectivity index (χ4v) is 3.22. The van der Waals surface area contributed by atoms with Crippen LogP contribution >= 0.6 is 0 Å². The van der Waals surface area contributed by atoms with Crippen LogP contribution in [0.15, 0.2) is 76.4 Å². The minimum absolute atomic E-state index is 0.121. The van der Waals surface area contributed by atoms with Gasteiger partial charge in [0.1, 0.15) is 17.2 Å². The molecule has 0 aliphatic carbocycles. The van der Waals surface area contributed by atoms with Gasteiger partial charge in [-0.05, 0) is 47.5 Å². The van der Waals surface area contributed by atoms with Crippen LogP contribution in [0.5, 0.6) is 5.75 Å². The molecule has 0 unspecified atom stereocenters. The number of fused-ring (bicyclic) bond motifs is 1. The molecule has 2 heterocycles. The number of methoxy groups -OCH3 is 1. The summed E-state index contributed by atoms with van der Waals surface area (Å²) in [6, 6.07) is 16.4. The first-order chi connectivity index (χ1) is 14.1. The Labute approximate surface area is 165 Å². The molecule has 0 saturated carbocycles. The number of halogens is 1. The van der Waals surface area contributed by atoms with Crippen molar-refractivity contribution < 1.29 is 9.13 Å². The van der Waals surface area contributed by atoms with Gasteiger partial charge in [-0.3, -0.25) is 13.9 Å². The zero-order chi connectivity index (χ0) is 20.4. The Morgan fingerprint density at radius 2 is 1.52 bits per heavy atom. The molecule has 0 radical (unpaired) electrons. The maximum atomic E-state index is 13.2. The highest BCUT2D eigenvalue weighted by molar-refractivity contribution is 5.73. The van der Waals surface area contributed by atoms with E-state index in [2.05, 4.69) is 4.98 Å². The molecular formula is C22H18FN3O3. The molecule has 29 heavy (non-hydrogen) atoms. The van der Waals surface area contributed by atoms with Crippen molar-refractivity contribution in [2.45, 2.75) is 13.1 Å². The van der Waals surface area contributed by atoms with Gasteiger partial charge in [0.05, 0.1) is 25.6 Å². The second-order valence-electron chi connectivity index (χ2n) is 6.61. The third-order valence-electron chi connectivity index (χ3n) is 4.73. The highest BCUT2D eigenvalue weighted by Crippen LogP contribution is 2.13. The standard InChI is InChI=1S/C22H18FN3O3/c1-29-18-10-6-16(7-11-18)14-26-21(27)19-3-2-12-24-20(19)25(22(26)28)13-15-4-8-17(23)9-5-15/h2-12H,13-14H2,1H3. The molecule has 0 atom stereocenters. The molecule has 2 aromatic carbocycles. The van der Waals surface area contributed by atoms with Gasteiger partial charge in [-0.1, -0.05) is 24.3 Å². The van der Waals surface area contributed by atoms with E-state index in [-0.39, 0.29) is 18.9 Å². The van der Waals surface area contributed by atoms with E-state index in [9.17, 15) is 14.0 Å². The number of hydrogen-bond donors (Lipinski definition) is 0. The molecule has 4 rings (SSSR count). The summed E-state index contributed by atoms with van der Waals surface area (Å²) in [5, 5.41) is 0.350. The van der Waals surface area contributed by atoms with Gasteiger partial charge in [0.25, 0.3) is 5.56 Å². The van der Waals surface area contributed by atoms with Crippen LogP contribution in [0.25, 0.3) is 11.0 Å². The van der Waals surface area contributed by atoms with Crippen LogP contribution in [0.4, 0.5) is 4.39 Å². The van der Waals surface area contributed by atoms with Crippen LogP contribution in [-0.4, -0.2) is 21.2 Å². The number of benzene rings is 2. The average Bonchev–Trinajstić information content (AvgIpc) is 2.76. The number of aromatic nitrogens is 3. The lowest BCUT2D eigenvalue weighted by Crippen LogP contribution is -2.40. The summed E-state index contributed by atoms with van der Waals surface area (Å²) in [4.78, 5) is 30.4.